The van der Waals surface area contributed by atoms with E-state index in [0.29, 0.717) is 0 Å². The van der Waals surface area contributed by atoms with Crippen LogP contribution in [0.5, 0.6) is 0 Å². The van der Waals surface area contributed by atoms with E-state index in [1.807, 2.05) is 0 Å². The largest absolute Gasteiger partial charge is 0.330 e. The maximum Gasteiger partial charge on any atom is 0.283 e. The van der Waals surface area contributed by atoms with Crippen LogP contribution < -0.4 is 10.9 Å². The summed E-state index contributed by atoms with van der Waals surface area (Å²) in [6, 6.07) is 6.97. The van der Waals surface area contributed by atoms with Crippen molar-refractivity contribution >= 4 is 38.0 Å². The van der Waals surface area contributed by atoms with Crippen molar-refractivity contribution < 1.29 is 13.2 Å². The zero-order valence-corrected chi connectivity index (χ0v) is 12.6. The Morgan fingerprint density at radius 1 is 1.04 bits per heavy atom. The highest BCUT2D eigenvalue weighted by Crippen LogP contribution is 2.24. The number of halogens is 3. The van der Waals surface area contributed by atoms with E-state index in [-0.39, 0.29) is 26.7 Å². The Bertz CT molecular complexity index is 1150. The molecule has 0 aliphatic carbocycles. The van der Waals surface area contributed by atoms with E-state index < -0.39 is 23.0 Å². The Morgan fingerprint density at radius 3 is 2.67 bits per heavy atom. The molecule has 0 radical (unpaired) electrons. The molecule has 9 heteroatoms. The molecule has 0 unspecified atom stereocenters. The molecule has 24 heavy (non-hydrogen) atoms. The molecule has 0 spiro atoms. The molecule has 0 fully saturated rings. The third kappa shape index (κ3) is 2.38. The van der Waals surface area contributed by atoms with Gasteiger partial charge in [-0.2, -0.15) is 4.52 Å². The van der Waals surface area contributed by atoms with Gasteiger partial charge >= 0.3 is 0 Å². The van der Waals surface area contributed by atoms with Crippen LogP contribution in [0.1, 0.15) is 0 Å². The van der Waals surface area contributed by atoms with Gasteiger partial charge in [0.25, 0.3) is 5.56 Å². The lowest BCUT2D eigenvalue weighted by Crippen LogP contribution is -2.15. The van der Waals surface area contributed by atoms with Crippen molar-refractivity contribution in [2.24, 2.45) is 0 Å². The zero-order chi connectivity index (χ0) is 16.8. The van der Waals surface area contributed by atoms with Gasteiger partial charge in [-0.25, -0.2) is 18.2 Å². The average Bonchev–Trinajstić information content (AvgIpc) is 2.93. The van der Waals surface area contributed by atoms with Gasteiger partial charge in [-0.05, 0) is 24.3 Å². The number of benzene rings is 2. The molecular formula is C15H7F3N4OS. The Morgan fingerprint density at radius 2 is 1.88 bits per heavy atom. The second-order valence-electron chi connectivity index (χ2n) is 4.93. The minimum Gasteiger partial charge on any atom is -0.330 e. The van der Waals surface area contributed by atoms with Crippen molar-refractivity contribution in [3.05, 3.63) is 64.2 Å². The van der Waals surface area contributed by atoms with Gasteiger partial charge in [0.05, 0.1) is 10.9 Å². The molecule has 120 valence electrons. The number of hydrogen-bond donors (Lipinski definition) is 1. The van der Waals surface area contributed by atoms with Crippen LogP contribution in [0.15, 0.2) is 41.2 Å². The van der Waals surface area contributed by atoms with Crippen LogP contribution in [0, 0.1) is 17.5 Å². The maximum atomic E-state index is 13.3. The summed E-state index contributed by atoms with van der Waals surface area (Å²) in [6.07, 6.45) is 0. The summed E-state index contributed by atoms with van der Waals surface area (Å²) < 4.78 is 40.6. The summed E-state index contributed by atoms with van der Waals surface area (Å²) >= 11 is 1.03. The Labute approximate surface area is 136 Å². The Kier molecular flexibility index (Phi) is 3.24. The van der Waals surface area contributed by atoms with Crippen LogP contribution in [0.2, 0.25) is 0 Å². The quantitative estimate of drug-likeness (QED) is 0.603. The first-order valence-electron chi connectivity index (χ1n) is 6.72. The van der Waals surface area contributed by atoms with Crippen LogP contribution in [-0.2, 0) is 0 Å². The zero-order valence-electron chi connectivity index (χ0n) is 11.8. The van der Waals surface area contributed by atoms with Crippen molar-refractivity contribution in [1.29, 1.82) is 0 Å². The molecule has 2 aromatic heterocycles. The van der Waals surface area contributed by atoms with E-state index in [2.05, 4.69) is 15.4 Å². The summed E-state index contributed by atoms with van der Waals surface area (Å²) in [5, 5.41) is 7.35. The predicted molar refractivity (Wildman–Crippen MR) is 84.2 cm³/mol. The predicted octanol–water partition coefficient (Wildman–Crippen LogP) is 3.47. The number of fused-ring (bicyclic) bond motifs is 2. The van der Waals surface area contributed by atoms with Crippen LogP contribution >= 0.6 is 11.3 Å². The minimum atomic E-state index is -1.00. The molecule has 0 bridgehead atoms. The van der Waals surface area contributed by atoms with Crippen LogP contribution in [-0.4, -0.2) is 14.6 Å². The fourth-order valence-electron chi connectivity index (χ4n) is 2.23. The molecule has 5 nitrogen and oxygen atoms in total. The molecule has 2 aromatic carbocycles. The first kappa shape index (κ1) is 14.6. The van der Waals surface area contributed by atoms with E-state index in [1.54, 1.807) is 0 Å². The molecule has 4 aromatic rings. The molecule has 4 rings (SSSR count). The Hall–Kier alpha value is -2.94. The lowest BCUT2D eigenvalue weighted by Gasteiger charge is -2.01. The van der Waals surface area contributed by atoms with Crippen molar-refractivity contribution in [2.75, 3.05) is 5.32 Å². The molecule has 0 amide bonds. The lowest BCUT2D eigenvalue weighted by atomic mass is 10.2. The van der Waals surface area contributed by atoms with Crippen molar-refractivity contribution in [3.8, 4) is 0 Å². The highest BCUT2D eigenvalue weighted by molar-refractivity contribution is 7.20. The van der Waals surface area contributed by atoms with E-state index >= 15 is 0 Å². The molecule has 0 atom stereocenters. The van der Waals surface area contributed by atoms with Gasteiger partial charge in [0.15, 0.2) is 11.6 Å². The number of hydrogen-bond acceptors (Lipinski definition) is 5. The summed E-state index contributed by atoms with van der Waals surface area (Å²) in [5.74, 6) is -2.46. The standard InChI is InChI=1S/C15H7F3N4OS/c16-7-1-3-9-12(5-7)20-15-22(13(9)23)21-14(24-15)19-8-2-4-10(17)11(18)6-8/h1-6H,(H,19,21). The number of nitrogens with one attached hydrogen (secondary N) is 1. The van der Waals surface area contributed by atoms with E-state index in [4.69, 9.17) is 0 Å². The van der Waals surface area contributed by atoms with Gasteiger partial charge in [-0.15, -0.1) is 5.10 Å². The fourth-order valence-corrected chi connectivity index (χ4v) is 3.05. The van der Waals surface area contributed by atoms with E-state index in [1.165, 1.54) is 24.3 Å². The van der Waals surface area contributed by atoms with Gasteiger partial charge in [0.2, 0.25) is 10.1 Å². The first-order chi connectivity index (χ1) is 11.5. The van der Waals surface area contributed by atoms with Crippen LogP contribution in [0.3, 0.4) is 0 Å². The maximum absolute atomic E-state index is 13.3. The number of aromatic nitrogens is 3. The van der Waals surface area contributed by atoms with Crippen molar-refractivity contribution in [1.82, 2.24) is 14.6 Å². The van der Waals surface area contributed by atoms with Gasteiger partial charge < -0.3 is 5.32 Å². The van der Waals surface area contributed by atoms with E-state index in [9.17, 15) is 18.0 Å². The summed E-state index contributed by atoms with van der Waals surface area (Å²) in [4.78, 5) is 16.8. The molecule has 0 saturated carbocycles. The molecule has 1 N–H and O–H groups in total. The second kappa shape index (κ2) is 5.31. The molecule has 0 saturated heterocycles. The monoisotopic (exact) mass is 348 g/mol. The molecule has 0 aliphatic rings. The smallest absolute Gasteiger partial charge is 0.283 e. The van der Waals surface area contributed by atoms with E-state index in [0.717, 1.165) is 28.0 Å². The molecular weight excluding hydrogens is 341 g/mol. The Balaban J connectivity index is 1.83. The second-order valence-corrected chi connectivity index (χ2v) is 5.89. The summed E-state index contributed by atoms with van der Waals surface area (Å²) in [7, 11) is 0. The van der Waals surface area contributed by atoms with Crippen LogP contribution in [0.25, 0.3) is 15.9 Å². The van der Waals surface area contributed by atoms with Crippen LogP contribution in [0.4, 0.5) is 24.0 Å². The summed E-state index contributed by atoms with van der Waals surface area (Å²) in [6.45, 7) is 0. The van der Waals surface area contributed by atoms with Crippen molar-refractivity contribution in [2.45, 2.75) is 0 Å². The number of anilines is 2. The third-order valence-corrected chi connectivity index (χ3v) is 4.15. The molecule has 2 heterocycles. The summed E-state index contributed by atoms with van der Waals surface area (Å²) in [5.41, 5.74) is 0.0595. The number of nitrogens with zero attached hydrogens (tertiary/aromatic N) is 3. The van der Waals surface area contributed by atoms with Crippen molar-refractivity contribution in [3.63, 3.8) is 0 Å². The first-order valence-corrected chi connectivity index (χ1v) is 7.54. The average molecular weight is 348 g/mol. The fraction of sp³-hybridized carbons (Fsp3) is 0. The lowest BCUT2D eigenvalue weighted by molar-refractivity contribution is 0.509. The third-order valence-electron chi connectivity index (χ3n) is 3.33. The highest BCUT2D eigenvalue weighted by atomic mass is 32.1. The highest BCUT2D eigenvalue weighted by Gasteiger charge is 2.12. The topological polar surface area (TPSA) is 59.3 Å². The molecule has 0 aliphatic heterocycles. The van der Waals surface area contributed by atoms with Gasteiger partial charge in [0, 0.05) is 17.8 Å². The van der Waals surface area contributed by atoms with Gasteiger partial charge in [-0.1, -0.05) is 11.3 Å². The minimum absolute atomic E-state index is 0.225. The van der Waals surface area contributed by atoms with Gasteiger partial charge in [-0.3, -0.25) is 4.79 Å². The SMILES string of the molecule is O=c1c2ccc(F)cc2nc2sc(Nc3ccc(F)c(F)c3)nn12. The number of rotatable bonds is 2. The van der Waals surface area contributed by atoms with Gasteiger partial charge in [0.1, 0.15) is 5.82 Å². The normalized spacial score (nSPS) is 11.3.